The molecular weight excluding hydrogens is 244 g/mol. The van der Waals surface area contributed by atoms with Gasteiger partial charge in [0.2, 0.25) is 0 Å². The zero-order chi connectivity index (χ0) is 14.6. The topological polar surface area (TPSA) is 15.3 Å². The summed E-state index contributed by atoms with van der Waals surface area (Å²) in [6.07, 6.45) is 5.10. The molecule has 2 rings (SSSR count). The molecule has 0 amide bonds. The third-order valence-electron chi connectivity index (χ3n) is 5.20. The lowest BCUT2D eigenvalue weighted by atomic mass is 9.79. The fourth-order valence-electron chi connectivity index (χ4n) is 3.95. The van der Waals surface area contributed by atoms with Crippen LogP contribution >= 0.6 is 0 Å². The highest BCUT2D eigenvalue weighted by molar-refractivity contribution is 5.27. The fraction of sp³-hybridized carbons (Fsp3) is 0.667. The molecule has 1 saturated heterocycles. The quantitative estimate of drug-likeness (QED) is 0.846. The second kappa shape index (κ2) is 6.73. The molecule has 2 nitrogen and oxygen atoms in total. The molecule has 1 fully saturated rings. The molecule has 0 aliphatic carbocycles. The van der Waals surface area contributed by atoms with Crippen molar-refractivity contribution in [3.8, 4) is 0 Å². The van der Waals surface area contributed by atoms with E-state index in [1.807, 2.05) is 0 Å². The minimum absolute atomic E-state index is 0.251. The van der Waals surface area contributed by atoms with Gasteiger partial charge in [-0.3, -0.25) is 4.90 Å². The molecule has 0 aromatic heterocycles. The first-order chi connectivity index (χ1) is 9.67. The van der Waals surface area contributed by atoms with Crippen LogP contribution in [0.15, 0.2) is 24.3 Å². The first-order valence-corrected chi connectivity index (χ1v) is 8.16. The van der Waals surface area contributed by atoms with Gasteiger partial charge in [-0.1, -0.05) is 43.7 Å². The summed E-state index contributed by atoms with van der Waals surface area (Å²) in [6, 6.07) is 9.48. The molecule has 0 radical (unpaired) electrons. The van der Waals surface area contributed by atoms with Crippen LogP contribution in [0.5, 0.6) is 0 Å². The van der Waals surface area contributed by atoms with Gasteiger partial charge in [0.05, 0.1) is 6.04 Å². The predicted octanol–water partition coefficient (Wildman–Crippen LogP) is 3.91. The molecule has 1 unspecified atom stereocenters. The number of benzene rings is 1. The number of hydrogen-bond donors (Lipinski definition) is 1. The summed E-state index contributed by atoms with van der Waals surface area (Å²) >= 11 is 0. The number of aryl methyl sites for hydroxylation is 1. The Hall–Kier alpha value is -0.860. The lowest BCUT2D eigenvalue weighted by Crippen LogP contribution is -2.54. The molecule has 1 heterocycles. The van der Waals surface area contributed by atoms with Crippen LogP contribution in [0.2, 0.25) is 0 Å². The average Bonchev–Trinajstić information content (AvgIpc) is 3.01. The Balaban J connectivity index is 2.35. The number of hydrogen-bond acceptors (Lipinski definition) is 2. The highest BCUT2D eigenvalue weighted by Gasteiger charge is 2.41. The van der Waals surface area contributed by atoms with Crippen LogP contribution in [0, 0.1) is 6.92 Å². The number of nitrogens with one attached hydrogen (secondary N) is 1. The van der Waals surface area contributed by atoms with Gasteiger partial charge in [0.25, 0.3) is 0 Å². The zero-order valence-corrected chi connectivity index (χ0v) is 13.6. The molecule has 1 aliphatic rings. The number of nitrogens with zero attached hydrogens (tertiary/aromatic N) is 1. The first-order valence-electron chi connectivity index (χ1n) is 8.16. The largest absolute Gasteiger partial charge is 0.311 e. The Kier molecular flexibility index (Phi) is 5.22. The van der Waals surface area contributed by atoms with Gasteiger partial charge in [0.1, 0.15) is 0 Å². The van der Waals surface area contributed by atoms with Crippen molar-refractivity contribution < 1.29 is 0 Å². The summed E-state index contributed by atoms with van der Waals surface area (Å²) in [5.41, 5.74) is 3.01. The van der Waals surface area contributed by atoms with Crippen molar-refractivity contribution in [1.82, 2.24) is 10.2 Å². The van der Waals surface area contributed by atoms with Gasteiger partial charge in [0.15, 0.2) is 0 Å². The molecule has 0 bridgehead atoms. The second-order valence-electron chi connectivity index (χ2n) is 6.14. The van der Waals surface area contributed by atoms with Gasteiger partial charge in [-0.15, -0.1) is 0 Å². The van der Waals surface area contributed by atoms with Crippen molar-refractivity contribution in [2.45, 2.75) is 58.0 Å². The van der Waals surface area contributed by atoms with Crippen molar-refractivity contribution in [1.29, 1.82) is 0 Å². The molecule has 2 heteroatoms. The maximum Gasteiger partial charge on any atom is 0.0504 e. The Morgan fingerprint density at radius 2 is 1.65 bits per heavy atom. The van der Waals surface area contributed by atoms with Crippen LogP contribution in [0.3, 0.4) is 0 Å². The summed E-state index contributed by atoms with van der Waals surface area (Å²) in [4.78, 5) is 2.73. The van der Waals surface area contributed by atoms with E-state index in [1.54, 1.807) is 0 Å². The number of likely N-dealkylation sites (tertiary alicyclic amines) is 1. The van der Waals surface area contributed by atoms with Crippen LogP contribution in [0.1, 0.15) is 56.7 Å². The van der Waals surface area contributed by atoms with E-state index < -0.39 is 0 Å². The van der Waals surface area contributed by atoms with Crippen LogP contribution in [0.4, 0.5) is 0 Å². The standard InChI is InChI=1S/C18H30N2/c1-5-18(6-2,20-13-7-8-14-20)17(19-4)16-11-9-15(3)10-12-16/h9-12,17,19H,5-8,13-14H2,1-4H3. The highest BCUT2D eigenvalue weighted by atomic mass is 15.2. The fourth-order valence-corrected chi connectivity index (χ4v) is 3.95. The molecule has 112 valence electrons. The third kappa shape index (κ3) is 2.77. The Bertz CT molecular complexity index is 400. The Labute approximate surface area is 124 Å². The predicted molar refractivity (Wildman–Crippen MR) is 87.1 cm³/mol. The molecule has 1 aromatic carbocycles. The normalized spacial score (nSPS) is 18.4. The van der Waals surface area contributed by atoms with Crippen LogP contribution in [-0.2, 0) is 0 Å². The van der Waals surface area contributed by atoms with E-state index in [9.17, 15) is 0 Å². The SMILES string of the molecule is CCC(CC)(C(NC)c1ccc(C)cc1)N1CCCC1. The minimum atomic E-state index is 0.251. The smallest absolute Gasteiger partial charge is 0.0504 e. The van der Waals surface area contributed by atoms with E-state index in [4.69, 9.17) is 0 Å². The molecule has 0 spiro atoms. The molecule has 1 N–H and O–H groups in total. The van der Waals surface area contributed by atoms with Gasteiger partial charge < -0.3 is 5.32 Å². The van der Waals surface area contributed by atoms with Crippen molar-refractivity contribution in [2.75, 3.05) is 20.1 Å². The average molecular weight is 274 g/mol. The highest BCUT2D eigenvalue weighted by Crippen LogP contribution is 2.39. The van der Waals surface area contributed by atoms with E-state index in [-0.39, 0.29) is 5.54 Å². The molecule has 1 aliphatic heterocycles. The molecular formula is C18H30N2. The lowest BCUT2D eigenvalue weighted by molar-refractivity contribution is 0.0647. The Morgan fingerprint density at radius 3 is 2.10 bits per heavy atom. The number of likely N-dealkylation sites (N-methyl/N-ethyl adjacent to an activating group) is 1. The van der Waals surface area contributed by atoms with Crippen LogP contribution < -0.4 is 5.32 Å². The minimum Gasteiger partial charge on any atom is -0.311 e. The molecule has 1 atom stereocenters. The summed E-state index contributed by atoms with van der Waals surface area (Å²) in [6.45, 7) is 9.36. The van der Waals surface area contributed by atoms with Crippen molar-refractivity contribution in [3.05, 3.63) is 35.4 Å². The maximum atomic E-state index is 3.62. The lowest BCUT2D eigenvalue weighted by Gasteiger charge is -2.47. The first kappa shape index (κ1) is 15.5. The van der Waals surface area contributed by atoms with E-state index >= 15 is 0 Å². The monoisotopic (exact) mass is 274 g/mol. The summed E-state index contributed by atoms with van der Waals surface area (Å²) in [7, 11) is 2.11. The second-order valence-corrected chi connectivity index (χ2v) is 6.14. The van der Waals surface area contributed by atoms with Gasteiger partial charge in [-0.2, -0.15) is 0 Å². The van der Waals surface area contributed by atoms with Crippen LogP contribution in [0.25, 0.3) is 0 Å². The van der Waals surface area contributed by atoms with Gasteiger partial charge in [-0.25, -0.2) is 0 Å². The third-order valence-corrected chi connectivity index (χ3v) is 5.20. The van der Waals surface area contributed by atoms with E-state index in [0.29, 0.717) is 6.04 Å². The zero-order valence-electron chi connectivity index (χ0n) is 13.6. The van der Waals surface area contributed by atoms with Crippen molar-refractivity contribution in [2.24, 2.45) is 0 Å². The van der Waals surface area contributed by atoms with E-state index in [0.717, 1.165) is 0 Å². The maximum absolute atomic E-state index is 3.62. The summed E-state index contributed by atoms with van der Waals surface area (Å²) in [5.74, 6) is 0. The van der Waals surface area contributed by atoms with Crippen molar-refractivity contribution >= 4 is 0 Å². The summed E-state index contributed by atoms with van der Waals surface area (Å²) in [5, 5.41) is 3.62. The number of rotatable bonds is 6. The van der Waals surface area contributed by atoms with E-state index in [2.05, 4.69) is 62.3 Å². The van der Waals surface area contributed by atoms with Crippen LogP contribution in [-0.4, -0.2) is 30.6 Å². The van der Waals surface area contributed by atoms with Gasteiger partial charge in [0, 0.05) is 5.54 Å². The van der Waals surface area contributed by atoms with Gasteiger partial charge in [-0.05, 0) is 58.3 Å². The molecule has 1 aromatic rings. The Morgan fingerprint density at radius 1 is 1.10 bits per heavy atom. The molecule has 0 saturated carbocycles. The van der Waals surface area contributed by atoms with Gasteiger partial charge >= 0.3 is 0 Å². The molecule has 20 heavy (non-hydrogen) atoms. The van der Waals surface area contributed by atoms with E-state index in [1.165, 1.54) is 49.9 Å². The summed E-state index contributed by atoms with van der Waals surface area (Å²) < 4.78 is 0. The van der Waals surface area contributed by atoms with Crippen molar-refractivity contribution in [3.63, 3.8) is 0 Å².